The summed E-state index contributed by atoms with van der Waals surface area (Å²) in [6.45, 7) is 3.38. The molecule has 0 unspecified atom stereocenters. The number of rotatable bonds is 8. The van der Waals surface area contributed by atoms with Gasteiger partial charge >= 0.3 is 0 Å². The van der Waals surface area contributed by atoms with Crippen LogP contribution in [0.3, 0.4) is 0 Å². The molecule has 13 heavy (non-hydrogen) atoms. The number of nitrogens with zero attached hydrogens (tertiary/aromatic N) is 1. The largest absolute Gasteiger partial charge is 0.588 e. The Morgan fingerprint density at radius 3 is 2.15 bits per heavy atom. The van der Waals surface area contributed by atoms with E-state index < -0.39 is 0 Å². The second-order valence-corrected chi connectivity index (χ2v) is 3.31. The topological polar surface area (TPSA) is 76.3 Å². The standard InChI is InChI=1S/C8H19NO4/c1-9(4-6-10,5-7-11)3-2-8-13-12/h8,10-11,13H,2-7H2,1H3. The van der Waals surface area contributed by atoms with Crippen LogP contribution in [0.1, 0.15) is 6.42 Å². The number of aliphatic hydroxyl groups excluding tert-OH is 2. The predicted octanol–water partition coefficient (Wildman–Crippen LogP) is -1.66. The predicted molar refractivity (Wildman–Crippen MR) is 46.5 cm³/mol. The van der Waals surface area contributed by atoms with Gasteiger partial charge in [-0.15, -0.1) is 0 Å². The molecule has 0 aliphatic carbocycles. The maximum Gasteiger partial charge on any atom is 0.102 e. The van der Waals surface area contributed by atoms with Crippen LogP contribution in [-0.4, -0.2) is 59.5 Å². The van der Waals surface area contributed by atoms with Crippen LogP contribution in [0.25, 0.3) is 0 Å². The lowest BCUT2D eigenvalue weighted by Gasteiger charge is -2.34. The minimum atomic E-state index is 0.0883. The number of likely N-dealkylation sites (N-methyl/N-ethyl adjacent to an activating group) is 1. The van der Waals surface area contributed by atoms with Crippen molar-refractivity contribution in [3.05, 3.63) is 6.61 Å². The summed E-state index contributed by atoms with van der Waals surface area (Å²) in [6, 6.07) is 0. The molecular weight excluding hydrogens is 174 g/mol. The van der Waals surface area contributed by atoms with Gasteiger partial charge in [0, 0.05) is 0 Å². The first-order valence-corrected chi connectivity index (χ1v) is 4.38. The summed E-state index contributed by atoms with van der Waals surface area (Å²) in [7, 11) is 1.94. The van der Waals surface area contributed by atoms with E-state index in [0.29, 0.717) is 30.5 Å². The van der Waals surface area contributed by atoms with E-state index in [0.717, 1.165) is 0 Å². The second-order valence-electron chi connectivity index (χ2n) is 3.31. The highest BCUT2D eigenvalue weighted by Crippen LogP contribution is 2.03. The Balaban J connectivity index is 3.76. The molecule has 3 N–H and O–H groups in total. The molecule has 0 aromatic heterocycles. The minimum absolute atomic E-state index is 0.0883. The number of hydrogen-bond acceptors (Lipinski definition) is 3. The molecule has 0 saturated carbocycles. The highest BCUT2D eigenvalue weighted by Gasteiger charge is 2.18. The fourth-order valence-electron chi connectivity index (χ4n) is 1.24. The molecule has 5 nitrogen and oxygen atoms in total. The van der Waals surface area contributed by atoms with Gasteiger partial charge in [-0.25, -0.2) is 0 Å². The number of aliphatic hydroxyl groups is 3. The van der Waals surface area contributed by atoms with Crippen molar-refractivity contribution in [3.63, 3.8) is 0 Å². The van der Waals surface area contributed by atoms with Crippen LogP contribution >= 0.6 is 0 Å². The van der Waals surface area contributed by atoms with Crippen LogP contribution < -0.4 is 5.26 Å². The normalized spacial score (nSPS) is 12.0. The van der Waals surface area contributed by atoms with Crippen molar-refractivity contribution >= 4 is 0 Å². The smallest absolute Gasteiger partial charge is 0.102 e. The molecule has 5 heteroatoms. The minimum Gasteiger partial charge on any atom is -0.588 e. The van der Waals surface area contributed by atoms with Crippen molar-refractivity contribution in [1.29, 1.82) is 0 Å². The Hall–Kier alpha value is -0.200. The van der Waals surface area contributed by atoms with Gasteiger partial charge in [0.15, 0.2) is 0 Å². The van der Waals surface area contributed by atoms with Gasteiger partial charge in [-0.05, 0) is 6.61 Å². The molecule has 0 atom stereocenters. The Bertz CT molecular complexity index is 115. The SMILES string of the molecule is C[N+](CCO)(CCO)CC[CH-][OH+][O-]. The maximum absolute atomic E-state index is 9.80. The zero-order valence-electron chi connectivity index (χ0n) is 8.02. The average Bonchev–Trinajstić information content (AvgIpc) is 2.05. The zero-order chi connectivity index (χ0) is 10.2. The van der Waals surface area contributed by atoms with E-state index in [9.17, 15) is 5.26 Å². The van der Waals surface area contributed by atoms with Crippen LogP contribution in [0, 0.1) is 6.61 Å². The molecule has 0 aliphatic heterocycles. The molecule has 0 spiro atoms. The van der Waals surface area contributed by atoms with E-state index >= 15 is 0 Å². The lowest BCUT2D eigenvalue weighted by molar-refractivity contribution is -0.910. The molecule has 0 fully saturated rings. The zero-order valence-corrected chi connectivity index (χ0v) is 8.02. The molecule has 80 valence electrons. The van der Waals surface area contributed by atoms with Crippen LogP contribution in [0.4, 0.5) is 0 Å². The molecule has 0 saturated heterocycles. The molecule has 0 rings (SSSR count). The van der Waals surface area contributed by atoms with E-state index in [2.05, 4.69) is 4.89 Å². The first-order chi connectivity index (χ1) is 6.18. The van der Waals surface area contributed by atoms with Crippen LogP contribution in [0.15, 0.2) is 0 Å². The quantitative estimate of drug-likeness (QED) is 0.121. The van der Waals surface area contributed by atoms with E-state index in [1.807, 2.05) is 7.05 Å². The summed E-state index contributed by atoms with van der Waals surface area (Å²) in [4.78, 5) is 2.65. The van der Waals surface area contributed by atoms with Gasteiger partial charge in [-0.1, -0.05) is 6.42 Å². The van der Waals surface area contributed by atoms with Gasteiger partial charge in [-0.3, -0.25) is 0 Å². The first-order valence-electron chi connectivity index (χ1n) is 4.38. The summed E-state index contributed by atoms with van der Waals surface area (Å²) in [6.07, 6.45) is 0.583. The highest BCUT2D eigenvalue weighted by atomic mass is 17.1. The lowest BCUT2D eigenvalue weighted by Crippen LogP contribution is -2.48. The third-order valence-electron chi connectivity index (χ3n) is 2.15. The molecule has 0 amide bonds. The Labute approximate surface area is 78.7 Å². The fraction of sp³-hybridized carbons (Fsp3) is 0.875. The van der Waals surface area contributed by atoms with Crippen LogP contribution in [0.2, 0.25) is 0 Å². The average molecular weight is 193 g/mol. The maximum atomic E-state index is 9.80. The molecular formula is C8H19NO4. The van der Waals surface area contributed by atoms with Gasteiger partial charge in [0.2, 0.25) is 0 Å². The second kappa shape index (κ2) is 7.23. The molecule has 0 heterocycles. The molecule has 0 aliphatic rings. The Morgan fingerprint density at radius 2 is 1.77 bits per heavy atom. The summed E-state index contributed by atoms with van der Waals surface area (Å²) in [5.74, 6) is 0. The Morgan fingerprint density at radius 1 is 1.23 bits per heavy atom. The summed E-state index contributed by atoms with van der Waals surface area (Å²) in [5.41, 5.74) is 0. The van der Waals surface area contributed by atoms with Crippen molar-refractivity contribution in [2.75, 3.05) is 39.9 Å². The lowest BCUT2D eigenvalue weighted by atomic mass is 10.3. The summed E-state index contributed by atoms with van der Waals surface area (Å²) < 4.78 is 0.568. The van der Waals surface area contributed by atoms with Gasteiger partial charge < -0.3 is 24.8 Å². The molecule has 0 aromatic carbocycles. The van der Waals surface area contributed by atoms with Crippen molar-refractivity contribution in [2.24, 2.45) is 0 Å². The molecule has 0 aromatic rings. The van der Waals surface area contributed by atoms with E-state index in [1.165, 1.54) is 6.61 Å². The van der Waals surface area contributed by atoms with Gasteiger partial charge in [0.1, 0.15) is 13.1 Å². The number of hydrogen-bond donors (Lipinski definition) is 2. The van der Waals surface area contributed by atoms with Crippen molar-refractivity contribution < 1.29 is 24.8 Å². The van der Waals surface area contributed by atoms with Crippen LogP contribution in [-0.2, 0) is 0 Å². The fourth-order valence-corrected chi connectivity index (χ4v) is 1.24. The van der Waals surface area contributed by atoms with Crippen molar-refractivity contribution in [2.45, 2.75) is 6.42 Å². The third kappa shape index (κ3) is 5.95. The van der Waals surface area contributed by atoms with E-state index in [4.69, 9.17) is 10.2 Å². The van der Waals surface area contributed by atoms with Crippen molar-refractivity contribution in [3.8, 4) is 0 Å². The van der Waals surface area contributed by atoms with Gasteiger partial charge in [-0.2, -0.15) is 0 Å². The van der Waals surface area contributed by atoms with E-state index in [-0.39, 0.29) is 13.2 Å². The number of quaternary nitrogens is 1. The first kappa shape index (κ1) is 12.8. The summed E-state index contributed by atoms with van der Waals surface area (Å²) >= 11 is 0. The highest BCUT2D eigenvalue weighted by molar-refractivity contribution is 4.48. The van der Waals surface area contributed by atoms with E-state index in [1.54, 1.807) is 0 Å². The molecule has 0 bridgehead atoms. The monoisotopic (exact) mass is 193 g/mol. The Kier molecular flexibility index (Phi) is 7.12. The molecule has 0 radical (unpaired) electrons. The van der Waals surface area contributed by atoms with Crippen LogP contribution in [0.5, 0.6) is 0 Å². The van der Waals surface area contributed by atoms with Gasteiger partial charge in [0.25, 0.3) is 0 Å². The summed E-state index contributed by atoms with van der Waals surface area (Å²) in [5, 5.41) is 27.4. The van der Waals surface area contributed by atoms with Gasteiger partial charge in [0.05, 0.1) is 26.8 Å². The third-order valence-corrected chi connectivity index (χ3v) is 2.15. The van der Waals surface area contributed by atoms with Crippen molar-refractivity contribution in [1.82, 2.24) is 0 Å².